The lowest BCUT2D eigenvalue weighted by Gasteiger charge is -2.29. The summed E-state index contributed by atoms with van der Waals surface area (Å²) < 4.78 is 28.4. The minimum absolute atomic E-state index is 0.134. The van der Waals surface area contributed by atoms with Gasteiger partial charge in [-0.15, -0.1) is 0 Å². The van der Waals surface area contributed by atoms with Crippen molar-refractivity contribution in [2.24, 2.45) is 0 Å². The Hall–Kier alpha value is -2.94. The fourth-order valence-electron chi connectivity index (χ4n) is 2.66. The maximum Gasteiger partial charge on any atom is 0.308 e. The van der Waals surface area contributed by atoms with E-state index >= 15 is 0 Å². The number of carbonyl (C=O) groups is 1. The summed E-state index contributed by atoms with van der Waals surface area (Å²) in [5.41, 5.74) is 0.758. The van der Waals surface area contributed by atoms with Gasteiger partial charge < -0.3 is 9.08 Å². The third-order valence-corrected chi connectivity index (χ3v) is 5.67. The number of nitro benzene ring substituents is 1. The number of nitrogens with zero attached hydrogens (tertiary/aromatic N) is 2. The average molecular weight is 420 g/mol. The second kappa shape index (κ2) is 9.51. The SMILES string of the molecule is CC[C@@H](C)N(Cc1cccc(OS(=O)(=O)CC)c1)C(=O)c1cccc([N+](=O)[O-])c1. The lowest BCUT2D eigenvalue weighted by Crippen LogP contribution is -2.37. The highest BCUT2D eigenvalue weighted by molar-refractivity contribution is 7.87. The molecule has 1 amide bonds. The average Bonchev–Trinajstić information content (AvgIpc) is 2.71. The Labute approximate surface area is 170 Å². The Morgan fingerprint density at radius 1 is 1.17 bits per heavy atom. The van der Waals surface area contributed by atoms with E-state index in [1.165, 1.54) is 37.3 Å². The third-order valence-electron chi connectivity index (χ3n) is 4.52. The summed E-state index contributed by atoms with van der Waals surface area (Å²) in [4.78, 5) is 25.1. The third kappa shape index (κ3) is 6.02. The largest absolute Gasteiger partial charge is 0.382 e. The molecule has 0 saturated heterocycles. The summed E-state index contributed by atoms with van der Waals surface area (Å²) in [6.45, 7) is 5.52. The van der Waals surface area contributed by atoms with Gasteiger partial charge in [-0.25, -0.2) is 0 Å². The Balaban J connectivity index is 2.31. The van der Waals surface area contributed by atoms with E-state index < -0.39 is 15.0 Å². The lowest BCUT2D eigenvalue weighted by molar-refractivity contribution is -0.384. The Morgan fingerprint density at radius 2 is 1.86 bits per heavy atom. The topological polar surface area (TPSA) is 107 Å². The van der Waals surface area contributed by atoms with Gasteiger partial charge in [0.2, 0.25) is 0 Å². The summed E-state index contributed by atoms with van der Waals surface area (Å²) in [6, 6.07) is 12.0. The maximum absolute atomic E-state index is 13.1. The number of carbonyl (C=O) groups excluding carboxylic acids is 1. The van der Waals surface area contributed by atoms with Crippen molar-refractivity contribution < 1.29 is 22.3 Å². The zero-order chi connectivity index (χ0) is 21.6. The molecule has 0 aromatic heterocycles. The fourth-order valence-corrected chi connectivity index (χ4v) is 3.18. The first-order valence-electron chi connectivity index (χ1n) is 9.23. The van der Waals surface area contributed by atoms with E-state index in [-0.39, 0.29) is 41.2 Å². The van der Waals surface area contributed by atoms with Crippen LogP contribution in [0, 0.1) is 10.1 Å². The lowest BCUT2D eigenvalue weighted by atomic mass is 10.1. The van der Waals surface area contributed by atoms with Crippen LogP contribution < -0.4 is 4.18 Å². The van der Waals surface area contributed by atoms with Gasteiger partial charge in [0.05, 0.1) is 10.7 Å². The first kappa shape index (κ1) is 22.4. The Bertz CT molecular complexity index is 990. The first-order chi connectivity index (χ1) is 13.7. The van der Waals surface area contributed by atoms with Crippen molar-refractivity contribution in [1.29, 1.82) is 0 Å². The van der Waals surface area contributed by atoms with Crippen LogP contribution >= 0.6 is 0 Å². The second-order valence-electron chi connectivity index (χ2n) is 6.57. The number of hydrogen-bond acceptors (Lipinski definition) is 6. The van der Waals surface area contributed by atoms with Gasteiger partial charge in [0.25, 0.3) is 11.6 Å². The number of hydrogen-bond donors (Lipinski definition) is 0. The van der Waals surface area contributed by atoms with Crippen LogP contribution in [0.3, 0.4) is 0 Å². The number of benzene rings is 2. The van der Waals surface area contributed by atoms with Gasteiger partial charge >= 0.3 is 10.1 Å². The molecular formula is C20H24N2O6S. The van der Waals surface area contributed by atoms with E-state index in [2.05, 4.69) is 0 Å². The summed E-state index contributed by atoms with van der Waals surface area (Å²) in [6.07, 6.45) is 0.682. The number of nitro groups is 1. The molecule has 0 unspecified atom stereocenters. The van der Waals surface area contributed by atoms with Crippen molar-refractivity contribution in [2.75, 3.05) is 5.75 Å². The van der Waals surface area contributed by atoms with Gasteiger partial charge in [-0.1, -0.05) is 25.1 Å². The molecule has 9 heteroatoms. The van der Waals surface area contributed by atoms with Crippen molar-refractivity contribution in [3.05, 3.63) is 69.8 Å². The van der Waals surface area contributed by atoms with Gasteiger partial charge in [0.15, 0.2) is 0 Å². The molecule has 2 aromatic carbocycles. The molecule has 0 aliphatic carbocycles. The van der Waals surface area contributed by atoms with E-state index in [9.17, 15) is 23.3 Å². The Morgan fingerprint density at radius 3 is 2.48 bits per heavy atom. The smallest absolute Gasteiger partial charge is 0.308 e. The van der Waals surface area contributed by atoms with Crippen LogP contribution in [-0.4, -0.2) is 35.9 Å². The molecule has 0 aliphatic heterocycles. The molecule has 0 N–H and O–H groups in total. The zero-order valence-electron chi connectivity index (χ0n) is 16.6. The van der Waals surface area contributed by atoms with Crippen molar-refractivity contribution in [3.8, 4) is 5.75 Å². The normalized spacial score (nSPS) is 12.2. The molecule has 29 heavy (non-hydrogen) atoms. The predicted molar refractivity (Wildman–Crippen MR) is 109 cm³/mol. The van der Waals surface area contributed by atoms with Crippen LogP contribution in [-0.2, 0) is 16.7 Å². The molecule has 0 bridgehead atoms. The van der Waals surface area contributed by atoms with Crippen LogP contribution in [0.2, 0.25) is 0 Å². The van der Waals surface area contributed by atoms with Crippen LogP contribution in [0.15, 0.2) is 48.5 Å². The molecule has 0 heterocycles. The van der Waals surface area contributed by atoms with Crippen LogP contribution in [0.5, 0.6) is 5.75 Å². The second-order valence-corrected chi connectivity index (χ2v) is 8.43. The number of rotatable bonds is 9. The van der Waals surface area contributed by atoms with Crippen LogP contribution in [0.4, 0.5) is 5.69 Å². The molecule has 156 valence electrons. The van der Waals surface area contributed by atoms with Gasteiger partial charge in [-0.05, 0) is 44.0 Å². The summed E-state index contributed by atoms with van der Waals surface area (Å²) in [5, 5.41) is 11.0. The monoisotopic (exact) mass is 420 g/mol. The minimum atomic E-state index is -3.66. The number of non-ortho nitro benzene ring substituents is 1. The highest BCUT2D eigenvalue weighted by Gasteiger charge is 2.23. The fraction of sp³-hybridized carbons (Fsp3) is 0.350. The first-order valence-corrected chi connectivity index (χ1v) is 10.8. The van der Waals surface area contributed by atoms with Crippen LogP contribution in [0.1, 0.15) is 43.1 Å². The van der Waals surface area contributed by atoms with E-state index in [1.54, 1.807) is 23.1 Å². The summed E-state index contributed by atoms with van der Waals surface area (Å²) in [5.74, 6) is -0.312. The molecule has 0 aliphatic rings. The molecule has 8 nitrogen and oxygen atoms in total. The molecule has 2 rings (SSSR count). The van der Waals surface area contributed by atoms with E-state index in [4.69, 9.17) is 4.18 Å². The summed E-state index contributed by atoms with van der Waals surface area (Å²) >= 11 is 0. The van der Waals surface area contributed by atoms with Gasteiger partial charge in [-0.2, -0.15) is 8.42 Å². The predicted octanol–water partition coefficient (Wildman–Crippen LogP) is 3.76. The van der Waals surface area contributed by atoms with Crippen molar-refractivity contribution in [1.82, 2.24) is 4.90 Å². The van der Waals surface area contributed by atoms with E-state index in [0.29, 0.717) is 12.0 Å². The molecule has 2 aromatic rings. The summed E-state index contributed by atoms with van der Waals surface area (Å²) in [7, 11) is -3.66. The molecule has 0 saturated carbocycles. The maximum atomic E-state index is 13.1. The standard InChI is InChI=1S/C20H24N2O6S/c1-4-15(3)21(20(23)17-9-7-10-18(13-17)22(24)25)14-16-8-6-11-19(12-16)28-29(26,27)5-2/h6-13,15H,4-5,14H2,1-3H3/t15-/m1/s1. The number of amides is 1. The van der Waals surface area contributed by atoms with Crippen LogP contribution in [0.25, 0.3) is 0 Å². The molecular weight excluding hydrogens is 396 g/mol. The van der Waals surface area contributed by atoms with Crippen molar-refractivity contribution >= 4 is 21.7 Å². The van der Waals surface area contributed by atoms with Gasteiger partial charge in [0, 0.05) is 30.3 Å². The molecule has 1 atom stereocenters. The molecule has 0 radical (unpaired) electrons. The van der Waals surface area contributed by atoms with E-state index in [1.807, 2.05) is 13.8 Å². The molecule has 0 spiro atoms. The van der Waals surface area contributed by atoms with E-state index in [0.717, 1.165) is 0 Å². The van der Waals surface area contributed by atoms with Crippen molar-refractivity contribution in [3.63, 3.8) is 0 Å². The highest BCUT2D eigenvalue weighted by atomic mass is 32.2. The van der Waals surface area contributed by atoms with Crippen molar-refractivity contribution in [2.45, 2.75) is 39.8 Å². The van der Waals surface area contributed by atoms with Gasteiger partial charge in [-0.3, -0.25) is 14.9 Å². The quantitative estimate of drug-likeness (QED) is 0.347. The van der Waals surface area contributed by atoms with Gasteiger partial charge in [0.1, 0.15) is 5.75 Å². The zero-order valence-corrected chi connectivity index (χ0v) is 17.4. The molecule has 0 fully saturated rings. The minimum Gasteiger partial charge on any atom is -0.382 e. The Kier molecular flexibility index (Phi) is 7.33. The highest BCUT2D eigenvalue weighted by Crippen LogP contribution is 2.21.